The summed E-state index contributed by atoms with van der Waals surface area (Å²) >= 11 is 0. The van der Waals surface area contributed by atoms with Crippen LogP contribution in [0.1, 0.15) is 27.9 Å². The number of rotatable bonds is 3. The summed E-state index contributed by atoms with van der Waals surface area (Å²) in [6.07, 6.45) is 1.27. The maximum Gasteiger partial charge on any atom is 0.294 e. The highest BCUT2D eigenvalue weighted by molar-refractivity contribution is 7.85. The smallest absolute Gasteiger partial charge is 0.294 e. The first kappa shape index (κ1) is 22.2. The zero-order valence-corrected chi connectivity index (χ0v) is 18.8. The molecule has 32 heavy (non-hydrogen) atoms. The molecule has 3 aromatic rings. The van der Waals surface area contributed by atoms with Crippen molar-refractivity contribution in [3.8, 4) is 16.9 Å². The molecule has 1 aliphatic carbocycles. The van der Waals surface area contributed by atoms with E-state index in [1.54, 1.807) is 12.1 Å². The lowest BCUT2D eigenvalue weighted by Gasteiger charge is -2.14. The molecule has 166 valence electrons. The SMILES string of the molecule is CN1CC[C@H](Oc2ccc3c(c2)C(=O)c2ccccc2-3)C1.Cc1ccc(S(=O)(=O)O)cc1. The molecule has 0 aromatic heterocycles. The van der Waals surface area contributed by atoms with E-state index in [0.29, 0.717) is 0 Å². The molecule has 0 spiro atoms. The van der Waals surface area contributed by atoms with Crippen molar-refractivity contribution in [1.29, 1.82) is 0 Å². The number of fused-ring (bicyclic) bond motifs is 3. The van der Waals surface area contributed by atoms with Gasteiger partial charge < -0.3 is 9.64 Å². The Labute approximate surface area is 188 Å². The van der Waals surface area contributed by atoms with Gasteiger partial charge in [0.05, 0.1) is 4.90 Å². The van der Waals surface area contributed by atoms with E-state index in [0.717, 1.165) is 53.1 Å². The second-order valence-electron chi connectivity index (χ2n) is 8.16. The zero-order valence-electron chi connectivity index (χ0n) is 18.0. The van der Waals surface area contributed by atoms with Crippen LogP contribution in [-0.2, 0) is 10.1 Å². The Balaban J connectivity index is 0.000000189. The number of carbonyl (C=O) groups is 1. The van der Waals surface area contributed by atoms with Crippen molar-refractivity contribution in [3.05, 3.63) is 83.4 Å². The van der Waals surface area contributed by atoms with Gasteiger partial charge in [-0.2, -0.15) is 8.42 Å². The van der Waals surface area contributed by atoms with Gasteiger partial charge in [-0.25, -0.2) is 0 Å². The monoisotopic (exact) mass is 451 g/mol. The zero-order chi connectivity index (χ0) is 22.9. The van der Waals surface area contributed by atoms with E-state index in [-0.39, 0.29) is 16.8 Å². The second kappa shape index (κ2) is 8.86. The maximum atomic E-state index is 12.5. The van der Waals surface area contributed by atoms with Crippen LogP contribution in [0.25, 0.3) is 11.1 Å². The van der Waals surface area contributed by atoms with E-state index in [1.807, 2.05) is 49.4 Å². The quantitative estimate of drug-likeness (QED) is 0.470. The third-order valence-electron chi connectivity index (χ3n) is 5.67. The molecule has 1 aliphatic heterocycles. The van der Waals surface area contributed by atoms with E-state index >= 15 is 0 Å². The summed E-state index contributed by atoms with van der Waals surface area (Å²) in [5.41, 5.74) is 4.57. The fraction of sp³-hybridized carbons (Fsp3) is 0.240. The molecule has 1 fully saturated rings. The van der Waals surface area contributed by atoms with Crippen LogP contribution >= 0.6 is 0 Å². The summed E-state index contributed by atoms with van der Waals surface area (Å²) in [5.74, 6) is 0.907. The summed E-state index contributed by atoms with van der Waals surface area (Å²) in [7, 11) is -1.92. The van der Waals surface area contributed by atoms with Crippen molar-refractivity contribution in [2.24, 2.45) is 0 Å². The molecule has 6 nitrogen and oxygen atoms in total. The molecule has 0 amide bonds. The fourth-order valence-electron chi connectivity index (χ4n) is 3.97. The second-order valence-corrected chi connectivity index (χ2v) is 9.58. The summed E-state index contributed by atoms with van der Waals surface area (Å²) in [5, 5.41) is 0. The van der Waals surface area contributed by atoms with Crippen LogP contribution in [0.2, 0.25) is 0 Å². The number of likely N-dealkylation sites (tertiary alicyclic amines) is 1. The van der Waals surface area contributed by atoms with Crippen LogP contribution in [0.15, 0.2) is 71.6 Å². The van der Waals surface area contributed by atoms with E-state index in [1.165, 1.54) is 12.1 Å². The van der Waals surface area contributed by atoms with E-state index in [4.69, 9.17) is 9.29 Å². The van der Waals surface area contributed by atoms with Gasteiger partial charge in [0.2, 0.25) is 0 Å². The topological polar surface area (TPSA) is 83.9 Å². The molecule has 0 saturated carbocycles. The average Bonchev–Trinajstić information content (AvgIpc) is 3.29. The largest absolute Gasteiger partial charge is 0.489 e. The molecule has 1 heterocycles. The Morgan fingerprint density at radius 2 is 1.59 bits per heavy atom. The van der Waals surface area contributed by atoms with Crippen LogP contribution in [0.4, 0.5) is 0 Å². The maximum absolute atomic E-state index is 12.5. The average molecular weight is 452 g/mol. The first-order valence-electron chi connectivity index (χ1n) is 10.4. The van der Waals surface area contributed by atoms with Gasteiger partial charge in [0.25, 0.3) is 10.1 Å². The van der Waals surface area contributed by atoms with E-state index in [2.05, 4.69) is 11.9 Å². The number of benzene rings is 3. The predicted octanol–water partition coefficient (Wildman–Crippen LogP) is 4.22. The molecular formula is C25H25NO5S. The van der Waals surface area contributed by atoms with Gasteiger partial charge in [-0.3, -0.25) is 9.35 Å². The van der Waals surface area contributed by atoms with Crippen LogP contribution < -0.4 is 4.74 Å². The number of hydrogen-bond donors (Lipinski definition) is 1. The highest BCUT2D eigenvalue weighted by Gasteiger charge is 2.27. The Hall–Kier alpha value is -3.00. The van der Waals surface area contributed by atoms with Crippen LogP contribution in [0, 0.1) is 6.92 Å². The lowest BCUT2D eigenvalue weighted by Crippen LogP contribution is -2.21. The highest BCUT2D eigenvalue weighted by atomic mass is 32.2. The number of aryl methyl sites for hydroxylation is 1. The molecular weight excluding hydrogens is 426 g/mol. The Kier molecular flexibility index (Phi) is 6.15. The first-order chi connectivity index (χ1) is 15.2. The predicted molar refractivity (Wildman–Crippen MR) is 123 cm³/mol. The van der Waals surface area contributed by atoms with Gasteiger partial charge in [0, 0.05) is 24.2 Å². The van der Waals surface area contributed by atoms with Crippen LogP contribution in [0.5, 0.6) is 5.75 Å². The molecule has 0 bridgehead atoms. The molecule has 5 rings (SSSR count). The molecule has 1 atom stereocenters. The third kappa shape index (κ3) is 4.75. The molecule has 2 aliphatic rings. The summed E-state index contributed by atoms with van der Waals surface area (Å²) in [4.78, 5) is 14.7. The van der Waals surface area contributed by atoms with E-state index in [9.17, 15) is 13.2 Å². The lowest BCUT2D eigenvalue weighted by atomic mass is 10.1. The van der Waals surface area contributed by atoms with Gasteiger partial charge in [0.1, 0.15) is 11.9 Å². The van der Waals surface area contributed by atoms with Crippen LogP contribution in [-0.4, -0.2) is 49.9 Å². The number of ether oxygens (including phenoxy) is 1. The first-order valence-corrected chi connectivity index (χ1v) is 11.8. The van der Waals surface area contributed by atoms with Gasteiger partial charge in [-0.15, -0.1) is 0 Å². The fourth-order valence-corrected chi connectivity index (χ4v) is 4.45. The minimum Gasteiger partial charge on any atom is -0.489 e. The van der Waals surface area contributed by atoms with Crippen molar-refractivity contribution in [2.45, 2.75) is 24.3 Å². The summed E-state index contributed by atoms with van der Waals surface area (Å²) < 4.78 is 35.6. The minimum atomic E-state index is -4.02. The number of likely N-dealkylation sites (N-methyl/N-ethyl adjacent to an activating group) is 1. The Bertz CT molecular complexity index is 1250. The van der Waals surface area contributed by atoms with Crippen molar-refractivity contribution in [2.75, 3.05) is 20.1 Å². The standard InChI is InChI=1S/C18H17NO2.C7H8O3S/c1-19-9-8-13(11-19)21-12-6-7-15-14-4-2-3-5-16(14)18(20)17(15)10-12;1-6-2-4-7(5-3-6)11(8,9)10/h2-7,10,13H,8-9,11H2,1H3;2-5H,1H3,(H,8,9,10)/t13-;/m0./s1. The molecule has 7 heteroatoms. The number of hydrogen-bond acceptors (Lipinski definition) is 5. The van der Waals surface area contributed by atoms with Crippen molar-refractivity contribution < 1.29 is 22.5 Å². The van der Waals surface area contributed by atoms with Crippen molar-refractivity contribution >= 4 is 15.9 Å². The number of ketones is 1. The van der Waals surface area contributed by atoms with E-state index < -0.39 is 10.1 Å². The lowest BCUT2D eigenvalue weighted by molar-refractivity contribution is 0.104. The van der Waals surface area contributed by atoms with Crippen molar-refractivity contribution in [3.63, 3.8) is 0 Å². The normalized spacial score (nSPS) is 17.3. The van der Waals surface area contributed by atoms with Gasteiger partial charge in [0.15, 0.2) is 5.78 Å². The third-order valence-corrected chi connectivity index (χ3v) is 6.54. The minimum absolute atomic E-state index is 0.0666. The molecule has 1 N–H and O–H groups in total. The molecule has 0 radical (unpaired) electrons. The van der Waals surface area contributed by atoms with Crippen LogP contribution in [0.3, 0.4) is 0 Å². The Morgan fingerprint density at radius 1 is 0.938 bits per heavy atom. The number of carbonyl (C=O) groups excluding carboxylic acids is 1. The molecule has 1 saturated heterocycles. The summed E-state index contributed by atoms with van der Waals surface area (Å²) in [6.45, 7) is 3.86. The van der Waals surface area contributed by atoms with Gasteiger partial charge >= 0.3 is 0 Å². The summed E-state index contributed by atoms with van der Waals surface area (Å²) in [6, 6.07) is 19.7. The highest BCUT2D eigenvalue weighted by Crippen LogP contribution is 2.38. The Morgan fingerprint density at radius 3 is 2.22 bits per heavy atom. The molecule has 0 unspecified atom stereocenters. The molecule has 3 aromatic carbocycles. The van der Waals surface area contributed by atoms with Gasteiger partial charge in [-0.05, 0) is 61.9 Å². The van der Waals surface area contributed by atoms with Gasteiger partial charge in [-0.1, -0.05) is 42.0 Å². The number of nitrogens with zero attached hydrogens (tertiary/aromatic N) is 1. The van der Waals surface area contributed by atoms with Crippen molar-refractivity contribution in [1.82, 2.24) is 4.90 Å².